The van der Waals surface area contributed by atoms with Gasteiger partial charge in [0, 0.05) is 6.54 Å². The number of nitrogens with one attached hydrogen (secondary N) is 1. The normalized spacial score (nSPS) is 12.3. The Hall–Kier alpha value is -2.54. The molecule has 0 fully saturated rings. The average Bonchev–Trinajstić information content (AvgIpc) is 2.64. The number of methoxy groups -OCH3 is 1. The molecule has 0 bridgehead atoms. The molecular weight excluding hydrogens is 388 g/mol. The van der Waals surface area contributed by atoms with Crippen LogP contribution in [0.25, 0.3) is 0 Å². The second-order valence-corrected chi connectivity index (χ2v) is 9.08. The number of benzene rings is 2. The molecule has 0 aliphatic heterocycles. The van der Waals surface area contributed by atoms with Crippen LogP contribution in [0.15, 0.2) is 42.5 Å². The minimum Gasteiger partial charge on any atom is -0.497 e. The van der Waals surface area contributed by atoms with Crippen molar-refractivity contribution in [3.8, 4) is 5.75 Å². The summed E-state index contributed by atoms with van der Waals surface area (Å²) in [6, 6.07) is 12.4. The van der Waals surface area contributed by atoms with Gasteiger partial charge in [-0.3, -0.25) is 9.10 Å². The monoisotopic (exact) mass is 418 g/mol. The lowest BCUT2D eigenvalue weighted by Gasteiger charge is -2.30. The molecule has 6 nitrogen and oxygen atoms in total. The molecule has 0 saturated heterocycles. The average molecular weight is 419 g/mol. The Labute approximate surface area is 173 Å². The molecule has 29 heavy (non-hydrogen) atoms. The number of ether oxygens (including phenoxy) is 1. The number of hydrogen-bond donors (Lipinski definition) is 1. The first kappa shape index (κ1) is 22.7. The van der Waals surface area contributed by atoms with Gasteiger partial charge in [0.15, 0.2) is 0 Å². The van der Waals surface area contributed by atoms with E-state index in [0.29, 0.717) is 25.1 Å². The molecule has 0 saturated carbocycles. The van der Waals surface area contributed by atoms with E-state index >= 15 is 0 Å². The van der Waals surface area contributed by atoms with Crippen LogP contribution in [0.5, 0.6) is 5.75 Å². The van der Waals surface area contributed by atoms with E-state index in [1.54, 1.807) is 19.2 Å². The Morgan fingerprint density at radius 2 is 1.69 bits per heavy atom. The molecule has 0 aromatic heterocycles. The summed E-state index contributed by atoms with van der Waals surface area (Å²) in [4.78, 5) is 12.9. The predicted octanol–water partition coefficient (Wildman–Crippen LogP) is 3.22. The zero-order chi connectivity index (χ0) is 21.6. The number of nitrogens with zero attached hydrogens (tertiary/aromatic N) is 1. The van der Waals surface area contributed by atoms with Gasteiger partial charge >= 0.3 is 0 Å². The van der Waals surface area contributed by atoms with Gasteiger partial charge in [-0.05, 0) is 67.6 Å². The highest BCUT2D eigenvalue weighted by Crippen LogP contribution is 2.25. The SMILES string of the molecule is CCC(C(=O)NCCc1ccc(OC)cc1)N(c1cc(C)cc(C)c1)S(C)(=O)=O. The molecule has 0 aliphatic rings. The number of aryl methyl sites for hydroxylation is 2. The van der Waals surface area contributed by atoms with Crippen LogP contribution >= 0.6 is 0 Å². The summed E-state index contributed by atoms with van der Waals surface area (Å²) >= 11 is 0. The lowest BCUT2D eigenvalue weighted by Crippen LogP contribution is -2.49. The lowest BCUT2D eigenvalue weighted by atomic mass is 10.1. The first-order valence-corrected chi connectivity index (χ1v) is 11.5. The van der Waals surface area contributed by atoms with Crippen LogP contribution in [-0.2, 0) is 21.2 Å². The van der Waals surface area contributed by atoms with E-state index in [1.807, 2.05) is 51.1 Å². The number of carbonyl (C=O) groups is 1. The largest absolute Gasteiger partial charge is 0.497 e. The number of hydrogen-bond acceptors (Lipinski definition) is 4. The van der Waals surface area contributed by atoms with Crippen molar-refractivity contribution in [2.45, 2.75) is 39.7 Å². The van der Waals surface area contributed by atoms with Crippen LogP contribution in [0.4, 0.5) is 5.69 Å². The lowest BCUT2D eigenvalue weighted by molar-refractivity contribution is -0.122. The molecule has 1 N–H and O–H groups in total. The maximum Gasteiger partial charge on any atom is 0.243 e. The van der Waals surface area contributed by atoms with E-state index in [1.165, 1.54) is 4.31 Å². The Kier molecular flexibility index (Phi) is 7.67. The van der Waals surface area contributed by atoms with E-state index in [-0.39, 0.29) is 5.91 Å². The molecule has 0 spiro atoms. The van der Waals surface area contributed by atoms with Crippen molar-refractivity contribution >= 4 is 21.6 Å². The summed E-state index contributed by atoms with van der Waals surface area (Å²) in [6.07, 6.45) is 2.15. The van der Waals surface area contributed by atoms with Crippen molar-refractivity contribution in [2.24, 2.45) is 0 Å². The highest BCUT2D eigenvalue weighted by Gasteiger charge is 2.31. The van der Waals surface area contributed by atoms with E-state index < -0.39 is 16.1 Å². The van der Waals surface area contributed by atoms with E-state index in [2.05, 4.69) is 5.32 Å². The van der Waals surface area contributed by atoms with E-state index in [9.17, 15) is 13.2 Å². The summed E-state index contributed by atoms with van der Waals surface area (Å²) in [5.41, 5.74) is 3.47. The van der Waals surface area contributed by atoms with Gasteiger partial charge in [-0.25, -0.2) is 8.42 Å². The Bertz CT molecular complexity index is 920. The molecule has 2 aromatic carbocycles. The molecule has 0 radical (unpaired) electrons. The first-order valence-electron chi connectivity index (χ1n) is 9.64. The summed E-state index contributed by atoms with van der Waals surface area (Å²) in [5, 5.41) is 2.89. The zero-order valence-corrected chi connectivity index (χ0v) is 18.5. The van der Waals surface area contributed by atoms with Gasteiger partial charge < -0.3 is 10.1 Å². The van der Waals surface area contributed by atoms with Crippen molar-refractivity contribution in [3.63, 3.8) is 0 Å². The van der Waals surface area contributed by atoms with Gasteiger partial charge in [-0.15, -0.1) is 0 Å². The summed E-state index contributed by atoms with van der Waals surface area (Å²) in [6.45, 7) is 6.06. The first-order chi connectivity index (χ1) is 13.7. The van der Waals surface area contributed by atoms with Crippen molar-refractivity contribution in [1.82, 2.24) is 5.32 Å². The van der Waals surface area contributed by atoms with Crippen molar-refractivity contribution in [3.05, 3.63) is 59.2 Å². The Balaban J connectivity index is 2.15. The molecular formula is C22H30N2O4S. The Morgan fingerprint density at radius 1 is 1.10 bits per heavy atom. The highest BCUT2D eigenvalue weighted by atomic mass is 32.2. The predicted molar refractivity (Wildman–Crippen MR) is 117 cm³/mol. The number of carbonyl (C=O) groups excluding carboxylic acids is 1. The fourth-order valence-corrected chi connectivity index (χ4v) is 4.57. The number of anilines is 1. The van der Waals surface area contributed by atoms with Crippen LogP contribution < -0.4 is 14.4 Å². The molecule has 2 aromatic rings. The molecule has 158 valence electrons. The van der Waals surface area contributed by atoms with Gasteiger partial charge in [0.1, 0.15) is 11.8 Å². The fourth-order valence-electron chi connectivity index (χ4n) is 3.38. The summed E-state index contributed by atoms with van der Waals surface area (Å²) in [7, 11) is -2.02. The fraction of sp³-hybridized carbons (Fsp3) is 0.409. The number of rotatable bonds is 9. The third-order valence-electron chi connectivity index (χ3n) is 4.66. The van der Waals surface area contributed by atoms with Gasteiger partial charge in [-0.1, -0.05) is 25.1 Å². The molecule has 1 unspecified atom stereocenters. The standard InChI is InChI=1S/C22H30N2O4S/c1-6-21(22(25)23-12-11-18-7-9-20(28-4)10-8-18)24(29(5,26)27)19-14-16(2)13-17(3)15-19/h7-10,13-15,21H,6,11-12H2,1-5H3,(H,23,25). The minimum absolute atomic E-state index is 0.300. The maximum atomic E-state index is 12.9. The maximum absolute atomic E-state index is 12.9. The van der Waals surface area contributed by atoms with Crippen LogP contribution in [0, 0.1) is 13.8 Å². The van der Waals surface area contributed by atoms with Crippen LogP contribution in [-0.4, -0.2) is 40.3 Å². The van der Waals surface area contributed by atoms with E-state index in [4.69, 9.17) is 4.74 Å². The highest BCUT2D eigenvalue weighted by molar-refractivity contribution is 7.92. The number of sulfonamides is 1. The summed E-state index contributed by atoms with van der Waals surface area (Å²) < 4.78 is 31.5. The molecule has 7 heteroatoms. The third-order valence-corrected chi connectivity index (χ3v) is 5.84. The topological polar surface area (TPSA) is 75.7 Å². The second-order valence-electron chi connectivity index (χ2n) is 7.22. The van der Waals surface area contributed by atoms with E-state index in [0.717, 1.165) is 28.7 Å². The molecule has 1 amide bonds. The second kappa shape index (κ2) is 9.78. The minimum atomic E-state index is -3.63. The molecule has 0 aliphatic carbocycles. The summed E-state index contributed by atoms with van der Waals surface area (Å²) in [5.74, 6) is 0.478. The van der Waals surface area contributed by atoms with Gasteiger partial charge in [0.05, 0.1) is 19.1 Å². The van der Waals surface area contributed by atoms with Crippen LogP contribution in [0.1, 0.15) is 30.0 Å². The molecule has 2 rings (SSSR count). The van der Waals surface area contributed by atoms with Gasteiger partial charge in [-0.2, -0.15) is 0 Å². The van der Waals surface area contributed by atoms with Crippen LogP contribution in [0.2, 0.25) is 0 Å². The van der Waals surface area contributed by atoms with Crippen molar-refractivity contribution < 1.29 is 17.9 Å². The zero-order valence-electron chi connectivity index (χ0n) is 17.7. The molecule has 0 heterocycles. The quantitative estimate of drug-likeness (QED) is 0.678. The Morgan fingerprint density at radius 3 is 2.17 bits per heavy atom. The number of amides is 1. The van der Waals surface area contributed by atoms with Crippen molar-refractivity contribution in [1.29, 1.82) is 0 Å². The smallest absolute Gasteiger partial charge is 0.243 e. The molecule has 1 atom stereocenters. The van der Waals surface area contributed by atoms with Crippen molar-refractivity contribution in [2.75, 3.05) is 24.2 Å². The van der Waals surface area contributed by atoms with Gasteiger partial charge in [0.25, 0.3) is 0 Å². The third kappa shape index (κ3) is 6.22. The van der Waals surface area contributed by atoms with Crippen LogP contribution in [0.3, 0.4) is 0 Å². The van der Waals surface area contributed by atoms with Gasteiger partial charge in [0.2, 0.25) is 15.9 Å².